The van der Waals surface area contributed by atoms with Crippen molar-refractivity contribution in [1.29, 1.82) is 0 Å². The number of aromatic carboxylic acids is 1. The van der Waals surface area contributed by atoms with Crippen LogP contribution in [0.5, 0.6) is 5.75 Å². The molecule has 7 heteroatoms. The van der Waals surface area contributed by atoms with Gasteiger partial charge in [0.1, 0.15) is 11.4 Å². The summed E-state index contributed by atoms with van der Waals surface area (Å²) in [5, 5.41) is 19.8. The normalized spacial score (nSPS) is 16.2. The standard InChI is InChI=1S/C14H16FNO5/c15-11-8-13(21-9-5-3-1-2-4-6-9)12(16(19)20)7-10(11)14(17)18/h7-9H,1-6H2,(H,17,18). The highest BCUT2D eigenvalue weighted by molar-refractivity contribution is 5.89. The Labute approximate surface area is 120 Å². The molecule has 6 nitrogen and oxygen atoms in total. The Hall–Kier alpha value is -2.18. The summed E-state index contributed by atoms with van der Waals surface area (Å²) in [4.78, 5) is 21.1. The van der Waals surface area contributed by atoms with Gasteiger partial charge < -0.3 is 9.84 Å². The minimum atomic E-state index is -1.54. The van der Waals surface area contributed by atoms with Gasteiger partial charge in [-0.25, -0.2) is 9.18 Å². The van der Waals surface area contributed by atoms with Crippen LogP contribution in [-0.4, -0.2) is 22.1 Å². The Morgan fingerprint density at radius 2 is 1.90 bits per heavy atom. The molecule has 0 atom stereocenters. The molecule has 0 aromatic heterocycles. The van der Waals surface area contributed by atoms with Gasteiger partial charge in [-0.15, -0.1) is 0 Å². The van der Waals surface area contributed by atoms with Crippen molar-refractivity contribution in [3.8, 4) is 5.75 Å². The van der Waals surface area contributed by atoms with Crippen LogP contribution in [0, 0.1) is 15.9 Å². The van der Waals surface area contributed by atoms with E-state index in [4.69, 9.17) is 9.84 Å². The molecule has 1 aromatic rings. The first-order valence-corrected chi connectivity index (χ1v) is 6.87. The number of nitrogens with zero attached hydrogens (tertiary/aromatic N) is 1. The highest BCUT2D eigenvalue weighted by Crippen LogP contribution is 2.33. The molecule has 1 aromatic carbocycles. The molecule has 1 N–H and O–H groups in total. The van der Waals surface area contributed by atoms with Crippen molar-refractivity contribution in [2.24, 2.45) is 0 Å². The largest absolute Gasteiger partial charge is 0.483 e. The quantitative estimate of drug-likeness (QED) is 0.521. The molecule has 0 spiro atoms. The Bertz CT molecular complexity index is 553. The van der Waals surface area contributed by atoms with Gasteiger partial charge in [0.05, 0.1) is 11.0 Å². The van der Waals surface area contributed by atoms with Crippen LogP contribution in [0.3, 0.4) is 0 Å². The van der Waals surface area contributed by atoms with E-state index in [2.05, 4.69) is 0 Å². The van der Waals surface area contributed by atoms with E-state index in [1.54, 1.807) is 0 Å². The van der Waals surface area contributed by atoms with Crippen LogP contribution >= 0.6 is 0 Å². The predicted octanol–water partition coefficient (Wildman–Crippen LogP) is 3.53. The van der Waals surface area contributed by atoms with E-state index in [1.807, 2.05) is 0 Å². The predicted molar refractivity (Wildman–Crippen MR) is 72.1 cm³/mol. The summed E-state index contributed by atoms with van der Waals surface area (Å²) in [7, 11) is 0. The fourth-order valence-corrected chi connectivity index (χ4v) is 2.48. The van der Waals surface area contributed by atoms with Crippen molar-refractivity contribution in [2.45, 2.75) is 44.6 Å². The fourth-order valence-electron chi connectivity index (χ4n) is 2.48. The third-order valence-corrected chi connectivity index (χ3v) is 3.57. The second-order valence-corrected chi connectivity index (χ2v) is 5.09. The zero-order valence-electron chi connectivity index (χ0n) is 11.4. The third kappa shape index (κ3) is 3.68. The van der Waals surface area contributed by atoms with Crippen LogP contribution in [0.25, 0.3) is 0 Å². The highest BCUT2D eigenvalue weighted by atomic mass is 19.1. The van der Waals surface area contributed by atoms with Crippen LogP contribution in [0.4, 0.5) is 10.1 Å². The molecule has 0 heterocycles. The number of carboxylic acid groups (broad SMARTS) is 1. The number of hydrogen-bond donors (Lipinski definition) is 1. The molecule has 1 aliphatic rings. The summed E-state index contributed by atoms with van der Waals surface area (Å²) >= 11 is 0. The number of ether oxygens (including phenoxy) is 1. The van der Waals surface area contributed by atoms with Gasteiger partial charge in [-0.3, -0.25) is 10.1 Å². The molecule has 114 valence electrons. The second-order valence-electron chi connectivity index (χ2n) is 5.09. The first-order valence-electron chi connectivity index (χ1n) is 6.87. The van der Waals surface area contributed by atoms with E-state index < -0.39 is 28.0 Å². The smallest absolute Gasteiger partial charge is 0.338 e. The van der Waals surface area contributed by atoms with Gasteiger partial charge in [-0.1, -0.05) is 12.8 Å². The van der Waals surface area contributed by atoms with Crippen LogP contribution in [0.1, 0.15) is 48.9 Å². The molecule has 0 saturated heterocycles. The third-order valence-electron chi connectivity index (χ3n) is 3.57. The lowest BCUT2D eigenvalue weighted by molar-refractivity contribution is -0.386. The Balaban J connectivity index is 2.30. The van der Waals surface area contributed by atoms with Crippen molar-refractivity contribution >= 4 is 11.7 Å². The monoisotopic (exact) mass is 297 g/mol. The van der Waals surface area contributed by atoms with E-state index in [1.165, 1.54) is 0 Å². The topological polar surface area (TPSA) is 89.7 Å². The summed E-state index contributed by atoms with van der Waals surface area (Å²) in [6, 6.07) is 1.51. The fraction of sp³-hybridized carbons (Fsp3) is 0.500. The number of benzene rings is 1. The van der Waals surface area contributed by atoms with Crippen molar-refractivity contribution in [2.75, 3.05) is 0 Å². The number of halogens is 1. The summed E-state index contributed by atoms with van der Waals surface area (Å²) in [6.07, 6.45) is 5.45. The molecule has 0 amide bonds. The molecule has 0 bridgehead atoms. The molecular weight excluding hydrogens is 281 g/mol. The zero-order chi connectivity index (χ0) is 15.4. The average molecular weight is 297 g/mol. The van der Waals surface area contributed by atoms with E-state index in [9.17, 15) is 19.3 Å². The summed E-state index contributed by atoms with van der Waals surface area (Å²) in [5.74, 6) is -2.78. The van der Waals surface area contributed by atoms with Crippen LogP contribution in [0.15, 0.2) is 12.1 Å². The molecule has 0 aliphatic heterocycles. The van der Waals surface area contributed by atoms with E-state index >= 15 is 0 Å². The maximum absolute atomic E-state index is 13.7. The first-order chi connectivity index (χ1) is 9.99. The number of hydrogen-bond acceptors (Lipinski definition) is 4. The van der Waals surface area contributed by atoms with Gasteiger partial charge in [0, 0.05) is 12.1 Å². The number of nitro benzene ring substituents is 1. The minimum absolute atomic E-state index is 0.193. The molecular formula is C14H16FNO5. The van der Waals surface area contributed by atoms with Crippen molar-refractivity contribution in [3.05, 3.63) is 33.6 Å². The van der Waals surface area contributed by atoms with Crippen molar-refractivity contribution in [1.82, 2.24) is 0 Å². The number of nitro groups is 1. The van der Waals surface area contributed by atoms with Gasteiger partial charge in [0.25, 0.3) is 0 Å². The summed E-state index contributed by atoms with van der Waals surface area (Å²) in [5.41, 5.74) is -1.24. The van der Waals surface area contributed by atoms with E-state index in [0.717, 1.165) is 44.6 Å². The first kappa shape index (κ1) is 15.2. The SMILES string of the molecule is O=C(O)c1cc([N+](=O)[O-])c(OC2CCCCCC2)cc1F. The Kier molecular flexibility index (Phi) is 4.72. The maximum atomic E-state index is 13.7. The molecule has 2 rings (SSSR count). The van der Waals surface area contributed by atoms with Gasteiger partial charge >= 0.3 is 11.7 Å². The molecule has 21 heavy (non-hydrogen) atoms. The van der Waals surface area contributed by atoms with Gasteiger partial charge in [-0.05, 0) is 25.7 Å². The lowest BCUT2D eigenvalue weighted by atomic mass is 10.1. The van der Waals surface area contributed by atoms with Gasteiger partial charge in [0.15, 0.2) is 5.75 Å². The van der Waals surface area contributed by atoms with E-state index in [-0.39, 0.29) is 11.9 Å². The molecule has 0 radical (unpaired) electrons. The molecule has 1 aliphatic carbocycles. The van der Waals surface area contributed by atoms with Crippen LogP contribution < -0.4 is 4.74 Å². The minimum Gasteiger partial charge on any atom is -0.483 e. The molecule has 0 unspecified atom stereocenters. The summed E-state index contributed by atoms with van der Waals surface area (Å²) in [6.45, 7) is 0. The van der Waals surface area contributed by atoms with Crippen LogP contribution in [-0.2, 0) is 0 Å². The molecule has 1 fully saturated rings. The Morgan fingerprint density at radius 1 is 1.29 bits per heavy atom. The number of carboxylic acids is 1. The van der Waals surface area contributed by atoms with E-state index in [0.29, 0.717) is 6.07 Å². The average Bonchev–Trinajstić information content (AvgIpc) is 2.66. The number of carbonyl (C=O) groups is 1. The van der Waals surface area contributed by atoms with Gasteiger partial charge in [0.2, 0.25) is 0 Å². The lowest BCUT2D eigenvalue weighted by Gasteiger charge is -2.17. The van der Waals surface area contributed by atoms with Crippen molar-refractivity contribution < 1.29 is 24.0 Å². The highest BCUT2D eigenvalue weighted by Gasteiger charge is 2.25. The molecule has 1 saturated carbocycles. The van der Waals surface area contributed by atoms with Gasteiger partial charge in [-0.2, -0.15) is 0 Å². The van der Waals surface area contributed by atoms with Crippen LogP contribution in [0.2, 0.25) is 0 Å². The zero-order valence-corrected chi connectivity index (χ0v) is 11.4. The number of rotatable bonds is 4. The lowest BCUT2D eigenvalue weighted by Crippen LogP contribution is -2.16. The summed E-state index contributed by atoms with van der Waals surface area (Å²) < 4.78 is 19.3. The maximum Gasteiger partial charge on any atom is 0.338 e. The second kappa shape index (κ2) is 6.51. The van der Waals surface area contributed by atoms with Crippen molar-refractivity contribution in [3.63, 3.8) is 0 Å². The Morgan fingerprint density at radius 3 is 2.43 bits per heavy atom.